The third-order valence-corrected chi connectivity index (χ3v) is 4.99. The fraction of sp³-hybridized carbons (Fsp3) is 0. The van der Waals surface area contributed by atoms with E-state index in [0.717, 1.165) is 0 Å². The molecule has 3 heterocycles. The van der Waals surface area contributed by atoms with E-state index in [9.17, 15) is 0 Å². The average Bonchev–Trinajstić information content (AvgIpc) is 2.52. The summed E-state index contributed by atoms with van der Waals surface area (Å²) in [7, 11) is 0. The molecule has 0 spiro atoms. The normalized spacial score (nSPS) is 10.7. The SMILES string of the molecule is [B].c1cc2c(s1)sc1ccsc12. The molecule has 3 aromatic heterocycles. The molecule has 0 aliphatic rings. The first-order valence-corrected chi connectivity index (χ1v) is 5.86. The first-order valence-electron chi connectivity index (χ1n) is 3.28. The predicted molar refractivity (Wildman–Crippen MR) is 60.8 cm³/mol. The monoisotopic (exact) mass is 207 g/mol. The Kier molecular flexibility index (Phi) is 1.98. The zero-order valence-corrected chi connectivity index (χ0v) is 8.56. The van der Waals surface area contributed by atoms with Crippen LogP contribution in [0.15, 0.2) is 22.9 Å². The summed E-state index contributed by atoms with van der Waals surface area (Å²) in [6.45, 7) is 0. The Morgan fingerprint density at radius 1 is 1.00 bits per heavy atom. The lowest BCUT2D eigenvalue weighted by Crippen LogP contribution is -1.43. The van der Waals surface area contributed by atoms with Crippen molar-refractivity contribution >= 4 is 61.2 Å². The smallest absolute Gasteiger partial charge is 0.0885 e. The van der Waals surface area contributed by atoms with Crippen molar-refractivity contribution in [1.29, 1.82) is 0 Å². The van der Waals surface area contributed by atoms with Crippen LogP contribution in [0.1, 0.15) is 0 Å². The number of hydrogen-bond acceptors (Lipinski definition) is 3. The summed E-state index contributed by atoms with van der Waals surface area (Å²) < 4.78 is 4.37. The molecule has 0 bridgehead atoms. The summed E-state index contributed by atoms with van der Waals surface area (Å²) in [4.78, 5) is 0. The Morgan fingerprint density at radius 3 is 2.75 bits per heavy atom. The van der Waals surface area contributed by atoms with Gasteiger partial charge < -0.3 is 0 Å². The van der Waals surface area contributed by atoms with Crippen LogP contribution < -0.4 is 0 Å². The summed E-state index contributed by atoms with van der Waals surface area (Å²) in [5.74, 6) is 0. The molecule has 0 N–H and O–H groups in total. The number of rotatable bonds is 0. The van der Waals surface area contributed by atoms with Gasteiger partial charge in [0.05, 0.1) is 8.71 Å². The summed E-state index contributed by atoms with van der Waals surface area (Å²) in [5.41, 5.74) is 0. The van der Waals surface area contributed by atoms with Crippen molar-refractivity contribution in [2.24, 2.45) is 0 Å². The maximum absolute atomic E-state index is 2.22. The molecule has 0 amide bonds. The molecule has 0 fully saturated rings. The van der Waals surface area contributed by atoms with E-state index in [-0.39, 0.29) is 8.41 Å². The second-order valence-corrected chi connectivity index (χ2v) is 5.48. The van der Waals surface area contributed by atoms with Gasteiger partial charge in [-0.15, -0.1) is 34.0 Å². The number of fused-ring (bicyclic) bond motifs is 3. The molecule has 3 rings (SSSR count). The lowest BCUT2D eigenvalue weighted by molar-refractivity contribution is 2.22. The average molecular weight is 207 g/mol. The zero-order chi connectivity index (χ0) is 7.26. The van der Waals surface area contributed by atoms with Crippen LogP contribution in [0.3, 0.4) is 0 Å². The van der Waals surface area contributed by atoms with Gasteiger partial charge in [0.2, 0.25) is 0 Å². The van der Waals surface area contributed by atoms with Crippen molar-refractivity contribution < 1.29 is 0 Å². The molecule has 0 aliphatic heterocycles. The van der Waals surface area contributed by atoms with E-state index >= 15 is 0 Å². The Hall–Kier alpha value is -0.315. The summed E-state index contributed by atoms with van der Waals surface area (Å²) in [5, 5.41) is 5.78. The topological polar surface area (TPSA) is 0 Å². The van der Waals surface area contributed by atoms with Gasteiger partial charge in [-0.25, -0.2) is 0 Å². The van der Waals surface area contributed by atoms with E-state index in [1.807, 2.05) is 34.0 Å². The van der Waals surface area contributed by atoms with E-state index in [1.54, 1.807) is 0 Å². The highest BCUT2D eigenvalue weighted by molar-refractivity contribution is 7.43. The Morgan fingerprint density at radius 2 is 1.83 bits per heavy atom. The van der Waals surface area contributed by atoms with Crippen LogP contribution in [-0.4, -0.2) is 8.41 Å². The van der Waals surface area contributed by atoms with Gasteiger partial charge in [0.25, 0.3) is 0 Å². The molecule has 0 unspecified atom stereocenters. The largest absolute Gasteiger partial charge is 0.142 e. The first-order chi connectivity index (χ1) is 5.45. The van der Waals surface area contributed by atoms with Crippen LogP contribution in [0.4, 0.5) is 0 Å². The number of thiophene rings is 3. The zero-order valence-electron chi connectivity index (χ0n) is 6.11. The van der Waals surface area contributed by atoms with E-state index in [2.05, 4.69) is 22.9 Å². The van der Waals surface area contributed by atoms with Crippen molar-refractivity contribution in [3.05, 3.63) is 22.9 Å². The molecule has 12 heavy (non-hydrogen) atoms. The Labute approximate surface area is 84.0 Å². The van der Waals surface area contributed by atoms with Crippen molar-refractivity contribution in [1.82, 2.24) is 0 Å². The molecular formula is C8H4BS3. The molecule has 0 aliphatic carbocycles. The molecule has 57 valence electrons. The van der Waals surface area contributed by atoms with Crippen LogP contribution in [0.2, 0.25) is 0 Å². The standard InChI is InChI=1S/C8H4S3.B/c1-3-10-8-5(1)7-6(11-8)2-4-9-7;/h1-4H;. The molecule has 0 nitrogen and oxygen atoms in total. The van der Waals surface area contributed by atoms with Gasteiger partial charge in [-0.05, 0) is 22.9 Å². The molecule has 4 heteroatoms. The lowest BCUT2D eigenvalue weighted by Gasteiger charge is -1.71. The second-order valence-electron chi connectivity index (χ2n) is 2.34. The number of hydrogen-bond donors (Lipinski definition) is 0. The molecule has 0 aromatic carbocycles. The van der Waals surface area contributed by atoms with Gasteiger partial charge in [0.15, 0.2) is 0 Å². The van der Waals surface area contributed by atoms with Crippen molar-refractivity contribution in [3.63, 3.8) is 0 Å². The highest BCUT2D eigenvalue weighted by Gasteiger charge is 2.05. The molecular weight excluding hydrogens is 203 g/mol. The van der Waals surface area contributed by atoms with Gasteiger partial charge in [0.1, 0.15) is 0 Å². The third kappa shape index (κ3) is 0.953. The first kappa shape index (κ1) is 8.29. The summed E-state index contributed by atoms with van der Waals surface area (Å²) in [6, 6.07) is 4.42. The minimum atomic E-state index is 0. The van der Waals surface area contributed by atoms with Crippen LogP contribution in [-0.2, 0) is 0 Å². The van der Waals surface area contributed by atoms with Gasteiger partial charge in [0, 0.05) is 18.5 Å². The summed E-state index contributed by atoms with van der Waals surface area (Å²) in [6.07, 6.45) is 0. The van der Waals surface area contributed by atoms with Crippen molar-refractivity contribution in [2.75, 3.05) is 0 Å². The van der Waals surface area contributed by atoms with Crippen LogP contribution in [0.25, 0.3) is 18.8 Å². The van der Waals surface area contributed by atoms with Gasteiger partial charge >= 0.3 is 0 Å². The minimum absolute atomic E-state index is 0. The van der Waals surface area contributed by atoms with Crippen LogP contribution in [0.5, 0.6) is 0 Å². The highest BCUT2D eigenvalue weighted by Crippen LogP contribution is 2.39. The van der Waals surface area contributed by atoms with Gasteiger partial charge in [-0.2, -0.15) is 0 Å². The van der Waals surface area contributed by atoms with Crippen LogP contribution in [0, 0.1) is 0 Å². The van der Waals surface area contributed by atoms with Crippen molar-refractivity contribution in [2.45, 2.75) is 0 Å². The fourth-order valence-corrected chi connectivity index (χ4v) is 4.59. The second kappa shape index (κ2) is 2.87. The summed E-state index contributed by atoms with van der Waals surface area (Å²) >= 11 is 5.59. The minimum Gasteiger partial charge on any atom is -0.142 e. The quantitative estimate of drug-likeness (QED) is 0.492. The predicted octanol–water partition coefficient (Wildman–Crippen LogP) is 3.80. The fourth-order valence-electron chi connectivity index (χ4n) is 1.22. The molecule has 3 aromatic rings. The molecule has 3 radical (unpaired) electrons. The van der Waals surface area contributed by atoms with E-state index in [0.29, 0.717) is 0 Å². The highest BCUT2D eigenvalue weighted by atomic mass is 32.2. The molecule has 0 saturated carbocycles. The molecule has 0 atom stereocenters. The van der Waals surface area contributed by atoms with Crippen LogP contribution >= 0.6 is 34.0 Å². The Bertz CT molecular complexity index is 457. The third-order valence-electron chi connectivity index (χ3n) is 1.71. The van der Waals surface area contributed by atoms with E-state index in [4.69, 9.17) is 0 Å². The van der Waals surface area contributed by atoms with Gasteiger partial charge in [-0.3, -0.25) is 0 Å². The Balaban J connectivity index is 0.000000563. The lowest BCUT2D eigenvalue weighted by atomic mass is 10.4. The molecule has 0 saturated heterocycles. The van der Waals surface area contributed by atoms with E-state index < -0.39 is 0 Å². The van der Waals surface area contributed by atoms with Crippen molar-refractivity contribution in [3.8, 4) is 0 Å². The maximum Gasteiger partial charge on any atom is 0.0885 e. The van der Waals surface area contributed by atoms with E-state index in [1.165, 1.54) is 18.8 Å². The van der Waals surface area contributed by atoms with Gasteiger partial charge in [-0.1, -0.05) is 0 Å². The maximum atomic E-state index is 2.22.